The molecule has 9 heteroatoms. The van der Waals surface area contributed by atoms with Crippen LogP contribution in [0.25, 0.3) is 11.3 Å². The van der Waals surface area contributed by atoms with Crippen molar-refractivity contribution >= 4 is 5.91 Å². The average Bonchev–Trinajstić information content (AvgIpc) is 3.57. The maximum Gasteiger partial charge on any atom is 0.289 e. The van der Waals surface area contributed by atoms with Gasteiger partial charge in [0.2, 0.25) is 0 Å². The summed E-state index contributed by atoms with van der Waals surface area (Å²) < 4.78 is 13.0. The van der Waals surface area contributed by atoms with Gasteiger partial charge in [-0.05, 0) is 44.9 Å². The summed E-state index contributed by atoms with van der Waals surface area (Å²) in [7, 11) is 0. The monoisotopic (exact) mass is 432 g/mol. The van der Waals surface area contributed by atoms with Crippen molar-refractivity contribution in [3.8, 4) is 11.3 Å². The number of hydrogen-bond donors (Lipinski definition) is 0. The number of nitrogens with zero attached hydrogens (tertiary/aromatic N) is 6. The van der Waals surface area contributed by atoms with Crippen molar-refractivity contribution < 1.29 is 13.7 Å². The number of carbonyl (C=O) groups excluding carboxylic acids is 1. The van der Waals surface area contributed by atoms with Crippen LogP contribution in [0.1, 0.15) is 52.3 Å². The Labute approximate surface area is 185 Å². The summed E-state index contributed by atoms with van der Waals surface area (Å²) in [6.45, 7) is 5.54. The third kappa shape index (κ3) is 4.05. The second-order valence-electron chi connectivity index (χ2n) is 8.08. The van der Waals surface area contributed by atoms with Gasteiger partial charge in [-0.2, -0.15) is 5.10 Å². The zero-order valence-corrected chi connectivity index (χ0v) is 18.1. The first-order valence-corrected chi connectivity index (χ1v) is 10.7. The highest BCUT2D eigenvalue weighted by atomic mass is 16.5. The Hall–Kier alpha value is -3.75. The van der Waals surface area contributed by atoms with Gasteiger partial charge in [0.15, 0.2) is 11.5 Å². The number of likely N-dealkylation sites (tertiary alicyclic amines) is 1. The summed E-state index contributed by atoms with van der Waals surface area (Å²) in [5, 5.41) is 8.17. The van der Waals surface area contributed by atoms with Crippen LogP contribution in [0.4, 0.5) is 0 Å². The molecular weight excluding hydrogens is 408 g/mol. The number of carbonyl (C=O) groups is 1. The molecule has 0 N–H and O–H groups in total. The minimum absolute atomic E-state index is 0.0832. The Morgan fingerprint density at radius 1 is 1.22 bits per heavy atom. The van der Waals surface area contributed by atoms with Crippen molar-refractivity contribution in [2.45, 2.75) is 39.2 Å². The zero-order chi connectivity index (χ0) is 22.1. The van der Waals surface area contributed by atoms with E-state index in [4.69, 9.17) is 13.9 Å². The van der Waals surface area contributed by atoms with Crippen LogP contribution < -0.4 is 0 Å². The molecule has 0 saturated carbocycles. The van der Waals surface area contributed by atoms with Crippen molar-refractivity contribution in [1.82, 2.24) is 29.8 Å². The molecule has 9 nitrogen and oxygen atoms in total. The van der Waals surface area contributed by atoms with Crippen LogP contribution in [-0.2, 0) is 6.54 Å². The fourth-order valence-corrected chi connectivity index (χ4v) is 4.12. The van der Waals surface area contributed by atoms with Gasteiger partial charge < -0.3 is 13.8 Å². The fraction of sp³-hybridized carbons (Fsp3) is 0.348. The number of aryl methyl sites for hydroxylation is 2. The van der Waals surface area contributed by atoms with E-state index in [0.29, 0.717) is 36.9 Å². The first-order chi connectivity index (χ1) is 15.6. The van der Waals surface area contributed by atoms with E-state index < -0.39 is 0 Å². The molecule has 0 spiro atoms. The topological polar surface area (TPSA) is 103 Å². The van der Waals surface area contributed by atoms with Gasteiger partial charge >= 0.3 is 0 Å². The first kappa shape index (κ1) is 20.2. The number of aromatic nitrogens is 5. The summed E-state index contributed by atoms with van der Waals surface area (Å²) in [4.78, 5) is 23.9. The fourth-order valence-electron chi connectivity index (χ4n) is 4.12. The van der Waals surface area contributed by atoms with Crippen LogP contribution in [0.3, 0.4) is 0 Å². The Kier molecular flexibility index (Phi) is 5.30. The number of amides is 1. The van der Waals surface area contributed by atoms with E-state index in [0.717, 1.165) is 35.6 Å². The largest absolute Gasteiger partial charge is 0.454 e. The van der Waals surface area contributed by atoms with E-state index >= 15 is 0 Å². The summed E-state index contributed by atoms with van der Waals surface area (Å²) in [5.74, 6) is 2.60. The molecular formula is C23H24N6O3. The van der Waals surface area contributed by atoms with Gasteiger partial charge in [0, 0.05) is 43.7 Å². The SMILES string of the molecule is Cc1cc(-c2cnc(C)nc2C2CCN(C(=O)c3ccc(Cn4cccn4)o3)CC2)on1. The Balaban J connectivity index is 1.27. The second-order valence-corrected chi connectivity index (χ2v) is 8.08. The highest BCUT2D eigenvalue weighted by molar-refractivity contribution is 5.91. The quantitative estimate of drug-likeness (QED) is 0.475. The molecule has 1 amide bonds. The summed E-state index contributed by atoms with van der Waals surface area (Å²) in [6.07, 6.45) is 7.00. The molecule has 164 valence electrons. The van der Waals surface area contributed by atoms with Gasteiger partial charge in [0.1, 0.15) is 11.6 Å². The normalized spacial score (nSPS) is 14.8. The standard InChI is InChI=1S/C23H24N6O3/c1-15-12-21(32-27-15)19-13-24-16(2)26-22(19)17-6-10-28(11-7-17)23(30)20-5-4-18(31-20)14-29-9-3-8-25-29/h3-5,8-9,12-13,17H,6-7,10-11,14H2,1-2H3. The van der Waals surface area contributed by atoms with Crippen LogP contribution in [0.15, 0.2) is 51.8 Å². The van der Waals surface area contributed by atoms with E-state index in [1.165, 1.54) is 0 Å². The highest BCUT2D eigenvalue weighted by Gasteiger charge is 2.29. The predicted octanol–water partition coefficient (Wildman–Crippen LogP) is 3.61. The molecule has 5 rings (SSSR count). The van der Waals surface area contributed by atoms with Crippen LogP contribution in [-0.4, -0.2) is 48.8 Å². The van der Waals surface area contributed by atoms with Crippen molar-refractivity contribution in [2.75, 3.05) is 13.1 Å². The smallest absolute Gasteiger partial charge is 0.289 e. The van der Waals surface area contributed by atoms with Crippen LogP contribution >= 0.6 is 0 Å². The number of furan rings is 1. The Bertz CT molecular complexity index is 1220. The Morgan fingerprint density at radius 3 is 2.78 bits per heavy atom. The highest BCUT2D eigenvalue weighted by Crippen LogP contribution is 2.34. The van der Waals surface area contributed by atoms with Gasteiger partial charge in [-0.3, -0.25) is 9.48 Å². The molecule has 0 aromatic carbocycles. The molecule has 0 bridgehead atoms. The van der Waals surface area contributed by atoms with Gasteiger partial charge in [0.05, 0.1) is 23.5 Å². The molecule has 0 aliphatic carbocycles. The third-order valence-electron chi connectivity index (χ3n) is 5.75. The summed E-state index contributed by atoms with van der Waals surface area (Å²) >= 11 is 0. The molecule has 4 aromatic rings. The zero-order valence-electron chi connectivity index (χ0n) is 18.1. The lowest BCUT2D eigenvalue weighted by molar-refractivity contribution is 0.0677. The molecule has 32 heavy (non-hydrogen) atoms. The van der Waals surface area contributed by atoms with Gasteiger partial charge in [-0.15, -0.1) is 0 Å². The number of hydrogen-bond acceptors (Lipinski definition) is 7. The molecule has 1 saturated heterocycles. The van der Waals surface area contributed by atoms with E-state index in [1.807, 2.05) is 43.1 Å². The van der Waals surface area contributed by atoms with E-state index in [2.05, 4.69) is 15.2 Å². The average molecular weight is 432 g/mol. The van der Waals surface area contributed by atoms with Crippen molar-refractivity contribution in [3.63, 3.8) is 0 Å². The molecule has 0 unspecified atom stereocenters. The number of rotatable bonds is 5. The molecule has 4 aromatic heterocycles. The number of piperidine rings is 1. The minimum atomic E-state index is -0.0832. The molecule has 1 aliphatic rings. The molecule has 0 radical (unpaired) electrons. The van der Waals surface area contributed by atoms with Crippen molar-refractivity contribution in [1.29, 1.82) is 0 Å². The van der Waals surface area contributed by atoms with Crippen molar-refractivity contribution in [3.05, 3.63) is 71.6 Å². The first-order valence-electron chi connectivity index (χ1n) is 10.7. The van der Waals surface area contributed by atoms with Gasteiger partial charge in [-0.25, -0.2) is 9.97 Å². The van der Waals surface area contributed by atoms with Crippen LogP contribution in [0, 0.1) is 13.8 Å². The third-order valence-corrected chi connectivity index (χ3v) is 5.75. The van der Waals surface area contributed by atoms with Gasteiger partial charge in [0.25, 0.3) is 5.91 Å². The lowest BCUT2D eigenvalue weighted by atomic mass is 9.90. The maximum atomic E-state index is 13.0. The maximum absolute atomic E-state index is 13.0. The van der Waals surface area contributed by atoms with Crippen LogP contribution in [0.5, 0.6) is 0 Å². The lowest BCUT2D eigenvalue weighted by Gasteiger charge is -2.31. The molecule has 0 atom stereocenters. The molecule has 1 aliphatic heterocycles. The van der Waals surface area contributed by atoms with E-state index in [9.17, 15) is 4.79 Å². The summed E-state index contributed by atoms with van der Waals surface area (Å²) in [5.41, 5.74) is 2.65. The minimum Gasteiger partial charge on any atom is -0.454 e. The summed E-state index contributed by atoms with van der Waals surface area (Å²) in [6, 6.07) is 7.32. The van der Waals surface area contributed by atoms with E-state index in [1.54, 1.807) is 23.1 Å². The predicted molar refractivity (Wildman–Crippen MR) is 115 cm³/mol. The van der Waals surface area contributed by atoms with Crippen molar-refractivity contribution in [2.24, 2.45) is 0 Å². The van der Waals surface area contributed by atoms with Crippen LogP contribution in [0.2, 0.25) is 0 Å². The Morgan fingerprint density at radius 2 is 2.06 bits per heavy atom. The molecule has 5 heterocycles. The van der Waals surface area contributed by atoms with E-state index in [-0.39, 0.29) is 11.8 Å². The lowest BCUT2D eigenvalue weighted by Crippen LogP contribution is -2.38. The van der Waals surface area contributed by atoms with Gasteiger partial charge in [-0.1, -0.05) is 5.16 Å². The second kappa shape index (κ2) is 8.41. The molecule has 1 fully saturated rings.